The van der Waals surface area contributed by atoms with Crippen molar-refractivity contribution in [3.05, 3.63) is 23.4 Å². The minimum atomic E-state index is -0.899. The molecule has 6 heteroatoms. The zero-order valence-corrected chi connectivity index (χ0v) is 11.1. The number of nitrogens with one attached hydrogen (secondary N) is 1. The first kappa shape index (κ1) is 13.8. The molecule has 1 aromatic heterocycles. The van der Waals surface area contributed by atoms with Crippen LogP contribution in [-0.2, 0) is 9.59 Å². The number of nitrogens with zero attached hydrogens (tertiary/aromatic N) is 1. The van der Waals surface area contributed by atoms with Gasteiger partial charge in [-0.3, -0.25) is 9.59 Å². The molecule has 102 valence electrons. The van der Waals surface area contributed by atoms with Crippen molar-refractivity contribution in [1.29, 1.82) is 0 Å². The Kier molecular flexibility index (Phi) is 4.37. The topological polar surface area (TPSA) is 79.3 Å². The average Bonchev–Trinajstić information content (AvgIpc) is 2.41. The van der Waals surface area contributed by atoms with Gasteiger partial charge in [0.15, 0.2) is 0 Å². The third-order valence-electron chi connectivity index (χ3n) is 3.40. The van der Waals surface area contributed by atoms with Gasteiger partial charge in [-0.15, -0.1) is 0 Å². The summed E-state index contributed by atoms with van der Waals surface area (Å²) in [4.78, 5) is 27.2. The lowest BCUT2D eigenvalue weighted by Gasteiger charge is -2.27. The molecule has 0 saturated heterocycles. The van der Waals surface area contributed by atoms with Crippen molar-refractivity contribution in [1.82, 2.24) is 4.98 Å². The van der Waals surface area contributed by atoms with Crippen molar-refractivity contribution < 1.29 is 14.7 Å². The Morgan fingerprint density at radius 2 is 1.95 bits per heavy atom. The molecular formula is C13H15ClN2O3. The number of halogens is 1. The molecule has 1 saturated carbocycles. The van der Waals surface area contributed by atoms with E-state index in [1.165, 1.54) is 6.20 Å². The molecule has 1 amide bonds. The first-order chi connectivity index (χ1) is 9.08. The number of carboxylic acid groups (broad SMARTS) is 1. The van der Waals surface area contributed by atoms with Crippen LogP contribution in [0.3, 0.4) is 0 Å². The maximum atomic E-state index is 12.1. The van der Waals surface area contributed by atoms with Crippen LogP contribution in [0.2, 0.25) is 5.02 Å². The highest BCUT2D eigenvalue weighted by atomic mass is 35.5. The number of carboxylic acids is 1. The molecular weight excluding hydrogens is 268 g/mol. The average molecular weight is 283 g/mol. The summed E-state index contributed by atoms with van der Waals surface area (Å²) in [5.41, 5.74) is 0. The van der Waals surface area contributed by atoms with Crippen LogP contribution in [-0.4, -0.2) is 22.0 Å². The molecule has 2 rings (SSSR count). The highest BCUT2D eigenvalue weighted by Gasteiger charge is 2.35. The Morgan fingerprint density at radius 1 is 1.26 bits per heavy atom. The van der Waals surface area contributed by atoms with E-state index in [9.17, 15) is 9.59 Å². The number of carbonyl (C=O) groups excluding carboxylic acids is 1. The molecule has 1 fully saturated rings. The van der Waals surface area contributed by atoms with E-state index in [-0.39, 0.29) is 5.91 Å². The van der Waals surface area contributed by atoms with Crippen LogP contribution in [0.1, 0.15) is 25.7 Å². The largest absolute Gasteiger partial charge is 0.481 e. The third kappa shape index (κ3) is 3.44. The number of hydrogen-bond donors (Lipinski definition) is 2. The minimum Gasteiger partial charge on any atom is -0.481 e. The van der Waals surface area contributed by atoms with Gasteiger partial charge in [-0.1, -0.05) is 24.4 Å². The zero-order chi connectivity index (χ0) is 13.8. The van der Waals surface area contributed by atoms with Gasteiger partial charge in [0.1, 0.15) is 5.82 Å². The summed E-state index contributed by atoms with van der Waals surface area (Å²) in [5, 5.41) is 12.3. The van der Waals surface area contributed by atoms with Crippen molar-refractivity contribution in [3.8, 4) is 0 Å². The maximum Gasteiger partial charge on any atom is 0.307 e. The summed E-state index contributed by atoms with van der Waals surface area (Å²) in [6, 6.07) is 3.22. The molecule has 0 spiro atoms. The SMILES string of the molecule is O=C(Nc1ccc(Cl)cn1)[C@H]1CCCC[C@H]1C(=O)O. The predicted octanol–water partition coefficient (Wildman–Crippen LogP) is 2.56. The first-order valence-corrected chi connectivity index (χ1v) is 6.61. The molecule has 2 N–H and O–H groups in total. The number of pyridine rings is 1. The fourth-order valence-corrected chi connectivity index (χ4v) is 2.52. The second-order valence-corrected chi connectivity index (χ2v) is 5.12. The third-order valence-corrected chi connectivity index (χ3v) is 3.62. The summed E-state index contributed by atoms with van der Waals surface area (Å²) < 4.78 is 0. The van der Waals surface area contributed by atoms with Gasteiger partial charge in [-0.05, 0) is 25.0 Å². The van der Waals surface area contributed by atoms with Gasteiger partial charge < -0.3 is 10.4 Å². The van der Waals surface area contributed by atoms with Gasteiger partial charge >= 0.3 is 5.97 Å². The zero-order valence-electron chi connectivity index (χ0n) is 10.3. The number of aliphatic carboxylic acids is 1. The van der Waals surface area contributed by atoms with Crippen molar-refractivity contribution in [3.63, 3.8) is 0 Å². The van der Waals surface area contributed by atoms with Crippen LogP contribution in [0.4, 0.5) is 5.82 Å². The van der Waals surface area contributed by atoms with Gasteiger partial charge in [-0.25, -0.2) is 4.98 Å². The maximum absolute atomic E-state index is 12.1. The van der Waals surface area contributed by atoms with E-state index >= 15 is 0 Å². The number of hydrogen-bond acceptors (Lipinski definition) is 3. The Morgan fingerprint density at radius 3 is 2.53 bits per heavy atom. The molecule has 0 unspecified atom stereocenters. The lowest BCUT2D eigenvalue weighted by molar-refractivity contribution is -0.147. The Labute approximate surface area is 116 Å². The van der Waals surface area contributed by atoms with Gasteiger partial charge in [0.05, 0.1) is 16.9 Å². The minimum absolute atomic E-state index is 0.276. The summed E-state index contributed by atoms with van der Waals surface area (Å²) >= 11 is 5.71. The summed E-state index contributed by atoms with van der Waals surface area (Å²) in [6.07, 6.45) is 4.35. The van der Waals surface area contributed by atoms with Crippen LogP contribution in [0.25, 0.3) is 0 Å². The van der Waals surface area contributed by atoms with E-state index in [0.717, 1.165) is 12.8 Å². The molecule has 1 aromatic rings. The van der Waals surface area contributed by atoms with Crippen LogP contribution in [0.5, 0.6) is 0 Å². The lowest BCUT2D eigenvalue weighted by atomic mass is 9.79. The number of rotatable bonds is 3. The highest BCUT2D eigenvalue weighted by molar-refractivity contribution is 6.30. The van der Waals surface area contributed by atoms with Gasteiger partial charge in [-0.2, -0.15) is 0 Å². The van der Waals surface area contributed by atoms with Crippen LogP contribution >= 0.6 is 11.6 Å². The van der Waals surface area contributed by atoms with Crippen molar-refractivity contribution in [2.45, 2.75) is 25.7 Å². The molecule has 2 atom stereocenters. The second-order valence-electron chi connectivity index (χ2n) is 4.69. The van der Waals surface area contributed by atoms with Crippen molar-refractivity contribution in [2.24, 2.45) is 11.8 Å². The molecule has 1 aliphatic carbocycles. The van der Waals surface area contributed by atoms with Crippen LogP contribution in [0, 0.1) is 11.8 Å². The molecule has 0 aromatic carbocycles. The molecule has 0 radical (unpaired) electrons. The normalized spacial score (nSPS) is 22.8. The monoisotopic (exact) mass is 282 g/mol. The summed E-state index contributed by atoms with van der Waals surface area (Å²) in [6.45, 7) is 0. The van der Waals surface area contributed by atoms with Gasteiger partial charge in [0, 0.05) is 6.20 Å². The van der Waals surface area contributed by atoms with Crippen LogP contribution in [0.15, 0.2) is 18.3 Å². The van der Waals surface area contributed by atoms with E-state index in [1.807, 2.05) is 0 Å². The number of anilines is 1. The van der Waals surface area contributed by atoms with E-state index in [1.54, 1.807) is 12.1 Å². The smallest absolute Gasteiger partial charge is 0.307 e. The summed E-state index contributed by atoms with van der Waals surface area (Å²) in [5.74, 6) is -1.86. The van der Waals surface area contributed by atoms with E-state index in [2.05, 4.69) is 10.3 Å². The van der Waals surface area contributed by atoms with E-state index in [0.29, 0.717) is 23.7 Å². The molecule has 0 aliphatic heterocycles. The van der Waals surface area contributed by atoms with Gasteiger partial charge in [0.2, 0.25) is 5.91 Å². The predicted molar refractivity (Wildman–Crippen MR) is 71.0 cm³/mol. The lowest BCUT2D eigenvalue weighted by Crippen LogP contribution is -2.36. The summed E-state index contributed by atoms with van der Waals surface area (Å²) in [7, 11) is 0. The molecule has 1 aliphatic rings. The fraction of sp³-hybridized carbons (Fsp3) is 0.462. The Balaban J connectivity index is 2.05. The van der Waals surface area contributed by atoms with Crippen LogP contribution < -0.4 is 5.32 Å². The number of carbonyl (C=O) groups is 2. The van der Waals surface area contributed by atoms with Crippen molar-refractivity contribution >= 4 is 29.3 Å². The molecule has 19 heavy (non-hydrogen) atoms. The van der Waals surface area contributed by atoms with Crippen molar-refractivity contribution in [2.75, 3.05) is 5.32 Å². The van der Waals surface area contributed by atoms with E-state index < -0.39 is 17.8 Å². The quantitative estimate of drug-likeness (QED) is 0.893. The molecule has 5 nitrogen and oxygen atoms in total. The molecule has 0 bridgehead atoms. The number of amides is 1. The molecule has 1 heterocycles. The second kappa shape index (κ2) is 6.02. The highest BCUT2D eigenvalue weighted by Crippen LogP contribution is 2.31. The Bertz CT molecular complexity index is 475. The van der Waals surface area contributed by atoms with Gasteiger partial charge in [0.25, 0.3) is 0 Å². The number of aromatic nitrogens is 1. The Hall–Kier alpha value is -1.62. The first-order valence-electron chi connectivity index (χ1n) is 6.23. The fourth-order valence-electron chi connectivity index (χ4n) is 2.41. The standard InChI is InChI=1S/C13H15ClN2O3/c14-8-5-6-11(15-7-8)16-12(17)9-3-1-2-4-10(9)13(18)19/h5-7,9-10H,1-4H2,(H,18,19)(H,15,16,17)/t9-,10+/m0/s1. The van der Waals surface area contributed by atoms with E-state index in [4.69, 9.17) is 16.7 Å².